The molecule has 112 valence electrons. The monoisotopic (exact) mass is 326 g/mol. The van der Waals surface area contributed by atoms with Crippen molar-refractivity contribution in [1.82, 2.24) is 0 Å². The minimum absolute atomic E-state index is 0. The van der Waals surface area contributed by atoms with E-state index in [-0.39, 0.29) is 18.2 Å². The van der Waals surface area contributed by atoms with Gasteiger partial charge in [0, 0.05) is 5.02 Å². The van der Waals surface area contributed by atoms with Gasteiger partial charge in [-0.15, -0.1) is 12.4 Å². The predicted octanol–water partition coefficient (Wildman–Crippen LogP) is 3.63. The Hall–Kier alpha value is -1.91. The van der Waals surface area contributed by atoms with Crippen molar-refractivity contribution in [3.8, 4) is 11.5 Å². The molecule has 6 heteroatoms. The van der Waals surface area contributed by atoms with Crippen LogP contribution < -0.4 is 15.2 Å². The van der Waals surface area contributed by atoms with Gasteiger partial charge in [0.25, 0.3) is 0 Å². The first-order valence-electron chi connectivity index (χ1n) is 6.00. The molecule has 0 fully saturated rings. The zero-order chi connectivity index (χ0) is 14.5. The summed E-state index contributed by atoms with van der Waals surface area (Å²) in [4.78, 5) is 0. The Morgan fingerprint density at radius 1 is 1.19 bits per heavy atom. The number of hydrogen-bond acceptors (Lipinski definition) is 3. The average Bonchev–Trinajstić information content (AvgIpc) is 2.46. The molecular weight excluding hydrogens is 311 g/mol. The van der Waals surface area contributed by atoms with Gasteiger partial charge >= 0.3 is 0 Å². The lowest BCUT2D eigenvalue weighted by atomic mass is 10.1. The molecule has 0 spiro atoms. The Morgan fingerprint density at radius 2 is 1.86 bits per heavy atom. The molecule has 0 amide bonds. The van der Waals surface area contributed by atoms with E-state index in [0.717, 1.165) is 5.56 Å². The molecule has 0 aliphatic carbocycles. The fourth-order valence-electron chi connectivity index (χ4n) is 1.77. The summed E-state index contributed by atoms with van der Waals surface area (Å²) < 4.78 is 11.0. The summed E-state index contributed by atoms with van der Waals surface area (Å²) in [6.45, 7) is 0.345. The standard InChI is InChI=1S/C15H15ClN2O2.ClH/c1-19-13-4-2-3-12(15(17)18)14(13)20-9-10-5-7-11(16)8-6-10;/h2-8H,9H2,1H3,(H3,17,18);1H. The largest absolute Gasteiger partial charge is 0.493 e. The van der Waals surface area contributed by atoms with Crippen molar-refractivity contribution in [3.05, 3.63) is 58.6 Å². The molecule has 0 aromatic heterocycles. The molecule has 0 heterocycles. The lowest BCUT2D eigenvalue weighted by molar-refractivity contribution is 0.284. The maximum Gasteiger partial charge on any atom is 0.172 e. The molecular formula is C15H16Cl2N2O2. The quantitative estimate of drug-likeness (QED) is 0.651. The summed E-state index contributed by atoms with van der Waals surface area (Å²) in [6, 6.07) is 12.6. The summed E-state index contributed by atoms with van der Waals surface area (Å²) in [5, 5.41) is 8.26. The van der Waals surface area contributed by atoms with E-state index in [4.69, 9.17) is 32.2 Å². The van der Waals surface area contributed by atoms with Gasteiger partial charge in [0.05, 0.1) is 12.7 Å². The van der Waals surface area contributed by atoms with Gasteiger partial charge in [-0.05, 0) is 29.8 Å². The van der Waals surface area contributed by atoms with Crippen LogP contribution in [0.15, 0.2) is 42.5 Å². The minimum atomic E-state index is -0.0602. The zero-order valence-electron chi connectivity index (χ0n) is 11.4. The van der Waals surface area contributed by atoms with Crippen LogP contribution >= 0.6 is 24.0 Å². The van der Waals surface area contributed by atoms with Crippen LogP contribution in [-0.4, -0.2) is 12.9 Å². The summed E-state index contributed by atoms with van der Waals surface area (Å²) >= 11 is 5.84. The summed E-state index contributed by atoms with van der Waals surface area (Å²) in [6.07, 6.45) is 0. The first-order chi connectivity index (χ1) is 9.61. The highest BCUT2D eigenvalue weighted by atomic mass is 35.5. The molecule has 0 bridgehead atoms. The number of ether oxygens (including phenoxy) is 2. The molecule has 0 unspecified atom stereocenters. The van der Waals surface area contributed by atoms with E-state index in [0.29, 0.717) is 28.7 Å². The zero-order valence-corrected chi connectivity index (χ0v) is 13.0. The first-order valence-corrected chi connectivity index (χ1v) is 6.38. The third-order valence-electron chi connectivity index (χ3n) is 2.79. The number of methoxy groups -OCH3 is 1. The van der Waals surface area contributed by atoms with Crippen LogP contribution in [-0.2, 0) is 6.61 Å². The van der Waals surface area contributed by atoms with Crippen LogP contribution in [0.4, 0.5) is 0 Å². The maximum atomic E-state index is 7.58. The third-order valence-corrected chi connectivity index (χ3v) is 3.04. The molecule has 0 saturated carbocycles. The second-order valence-electron chi connectivity index (χ2n) is 4.17. The van der Waals surface area contributed by atoms with E-state index in [9.17, 15) is 0 Å². The molecule has 0 aliphatic heterocycles. The van der Waals surface area contributed by atoms with Crippen LogP contribution in [0.25, 0.3) is 0 Å². The fraction of sp³-hybridized carbons (Fsp3) is 0.133. The van der Waals surface area contributed by atoms with Gasteiger partial charge in [0.2, 0.25) is 0 Å². The van der Waals surface area contributed by atoms with Crippen LogP contribution in [0.3, 0.4) is 0 Å². The molecule has 0 saturated heterocycles. The number of rotatable bonds is 5. The number of halogens is 2. The number of amidine groups is 1. The van der Waals surface area contributed by atoms with Crippen molar-refractivity contribution < 1.29 is 9.47 Å². The Kier molecular flexibility index (Phi) is 6.34. The van der Waals surface area contributed by atoms with Crippen LogP contribution in [0, 0.1) is 5.41 Å². The number of nitrogens with one attached hydrogen (secondary N) is 1. The van der Waals surface area contributed by atoms with Crippen LogP contribution in [0.1, 0.15) is 11.1 Å². The molecule has 2 aromatic carbocycles. The summed E-state index contributed by atoms with van der Waals surface area (Å²) in [5.41, 5.74) is 7.04. The Balaban J connectivity index is 0.00000220. The van der Waals surface area contributed by atoms with Gasteiger partial charge in [0.15, 0.2) is 11.5 Å². The number of hydrogen-bond donors (Lipinski definition) is 2. The van der Waals surface area contributed by atoms with Crippen LogP contribution in [0.2, 0.25) is 5.02 Å². The lowest BCUT2D eigenvalue weighted by Crippen LogP contribution is -2.13. The van der Waals surface area contributed by atoms with E-state index in [1.165, 1.54) is 0 Å². The van der Waals surface area contributed by atoms with E-state index in [2.05, 4.69) is 0 Å². The summed E-state index contributed by atoms with van der Waals surface area (Å²) in [5.74, 6) is 0.958. The highest BCUT2D eigenvalue weighted by molar-refractivity contribution is 6.30. The van der Waals surface area contributed by atoms with E-state index < -0.39 is 0 Å². The highest BCUT2D eigenvalue weighted by Gasteiger charge is 2.12. The Labute approximate surface area is 134 Å². The maximum absolute atomic E-state index is 7.58. The smallest absolute Gasteiger partial charge is 0.172 e. The highest BCUT2D eigenvalue weighted by Crippen LogP contribution is 2.31. The SMILES string of the molecule is COc1cccc(C(=N)N)c1OCc1ccc(Cl)cc1.Cl. The Morgan fingerprint density at radius 3 is 2.43 bits per heavy atom. The molecule has 0 aliphatic rings. The van der Waals surface area contributed by atoms with Gasteiger partial charge in [-0.2, -0.15) is 0 Å². The minimum Gasteiger partial charge on any atom is -0.493 e. The molecule has 3 N–H and O–H groups in total. The molecule has 0 radical (unpaired) electrons. The number of nitrogens with two attached hydrogens (primary N) is 1. The van der Waals surface area contributed by atoms with Crippen molar-refractivity contribution in [3.63, 3.8) is 0 Å². The van der Waals surface area contributed by atoms with Gasteiger partial charge in [-0.25, -0.2) is 0 Å². The number of para-hydroxylation sites is 1. The predicted molar refractivity (Wildman–Crippen MR) is 87.0 cm³/mol. The van der Waals surface area contributed by atoms with E-state index >= 15 is 0 Å². The van der Waals surface area contributed by atoms with Gasteiger partial charge < -0.3 is 15.2 Å². The van der Waals surface area contributed by atoms with Gasteiger partial charge in [-0.3, -0.25) is 5.41 Å². The van der Waals surface area contributed by atoms with Crippen LogP contribution in [0.5, 0.6) is 11.5 Å². The lowest BCUT2D eigenvalue weighted by Gasteiger charge is -2.14. The number of benzene rings is 2. The summed E-state index contributed by atoms with van der Waals surface area (Å²) in [7, 11) is 1.55. The molecule has 21 heavy (non-hydrogen) atoms. The van der Waals surface area contributed by atoms with E-state index in [1.807, 2.05) is 12.1 Å². The van der Waals surface area contributed by atoms with Crippen molar-refractivity contribution in [2.45, 2.75) is 6.61 Å². The average molecular weight is 327 g/mol. The third kappa shape index (κ3) is 4.28. The second-order valence-corrected chi connectivity index (χ2v) is 4.60. The molecule has 2 aromatic rings. The van der Waals surface area contributed by atoms with Gasteiger partial charge in [0.1, 0.15) is 12.4 Å². The second kappa shape index (κ2) is 7.76. The van der Waals surface area contributed by atoms with Crippen molar-refractivity contribution >= 4 is 29.8 Å². The normalized spacial score (nSPS) is 9.62. The molecule has 2 rings (SSSR count). The van der Waals surface area contributed by atoms with E-state index in [1.54, 1.807) is 37.4 Å². The number of nitrogen functional groups attached to an aromatic ring is 1. The van der Waals surface area contributed by atoms with Crippen molar-refractivity contribution in [2.24, 2.45) is 5.73 Å². The first kappa shape index (κ1) is 17.1. The molecule has 4 nitrogen and oxygen atoms in total. The molecule has 0 atom stereocenters. The fourth-order valence-corrected chi connectivity index (χ4v) is 1.90. The Bertz CT molecular complexity index is 616. The topological polar surface area (TPSA) is 68.3 Å². The van der Waals surface area contributed by atoms with Crippen molar-refractivity contribution in [2.75, 3.05) is 7.11 Å². The van der Waals surface area contributed by atoms with Crippen molar-refractivity contribution in [1.29, 1.82) is 5.41 Å². The van der Waals surface area contributed by atoms with Gasteiger partial charge in [-0.1, -0.05) is 29.8 Å².